The average Bonchev–Trinajstić information content (AvgIpc) is 3.42. The van der Waals surface area contributed by atoms with Crippen LogP contribution < -0.4 is 16.0 Å². The molecule has 2 saturated heterocycles. The first-order valence-electron chi connectivity index (χ1n) is 11.3. The summed E-state index contributed by atoms with van der Waals surface area (Å²) in [4.78, 5) is 71.5. The van der Waals surface area contributed by atoms with Gasteiger partial charge in [-0.15, -0.1) is 11.3 Å². The van der Waals surface area contributed by atoms with E-state index in [0.29, 0.717) is 19.4 Å². The Morgan fingerprint density at radius 2 is 2.06 bits per heavy atom. The van der Waals surface area contributed by atoms with Gasteiger partial charge in [0.15, 0.2) is 10.8 Å². The minimum Gasteiger partial charge on any atom is -0.448 e. The van der Waals surface area contributed by atoms with Gasteiger partial charge in [0.25, 0.3) is 5.91 Å². The highest BCUT2D eigenvalue weighted by molar-refractivity contribution is 7.14. The van der Waals surface area contributed by atoms with Crippen LogP contribution in [0.15, 0.2) is 10.5 Å². The first-order valence-corrected chi connectivity index (χ1v) is 12.2. The normalized spacial score (nSPS) is 21.8. The molecular weight excluding hydrogens is 496 g/mol. The van der Waals surface area contributed by atoms with Crippen molar-refractivity contribution in [3.8, 4) is 0 Å². The lowest BCUT2D eigenvalue weighted by atomic mass is 9.98. The number of anilines is 1. The number of rotatable bonds is 8. The summed E-state index contributed by atoms with van der Waals surface area (Å²) >= 11 is 1.00. The summed E-state index contributed by atoms with van der Waals surface area (Å²) < 4.78 is 10.1. The van der Waals surface area contributed by atoms with Crippen LogP contribution in [0.25, 0.3) is 0 Å². The van der Waals surface area contributed by atoms with Gasteiger partial charge in [0.1, 0.15) is 23.9 Å². The third-order valence-electron chi connectivity index (χ3n) is 5.27. The lowest BCUT2D eigenvalue weighted by Crippen LogP contribution is -2.72. The van der Waals surface area contributed by atoms with Crippen LogP contribution in [0.4, 0.5) is 14.7 Å². The molecule has 2 aliphatic heterocycles. The van der Waals surface area contributed by atoms with E-state index >= 15 is 0 Å². The fourth-order valence-corrected chi connectivity index (χ4v) is 4.00. The van der Waals surface area contributed by atoms with Crippen LogP contribution >= 0.6 is 11.3 Å². The zero-order valence-corrected chi connectivity index (χ0v) is 20.7. The van der Waals surface area contributed by atoms with Crippen LogP contribution in [0.3, 0.4) is 0 Å². The highest BCUT2D eigenvalue weighted by Gasteiger charge is 2.43. The first-order chi connectivity index (χ1) is 17.0. The van der Waals surface area contributed by atoms with Crippen molar-refractivity contribution in [3.05, 3.63) is 11.1 Å². The number of aromatic nitrogens is 1. The van der Waals surface area contributed by atoms with Gasteiger partial charge in [-0.05, 0) is 33.6 Å². The van der Waals surface area contributed by atoms with Crippen LogP contribution in [0, 0.1) is 5.92 Å². The summed E-state index contributed by atoms with van der Waals surface area (Å²) in [6.07, 6.45) is 0.127. The number of hydrogen-bond donors (Lipinski definition) is 3. The van der Waals surface area contributed by atoms with Crippen molar-refractivity contribution < 1.29 is 38.3 Å². The molecule has 0 spiro atoms. The second-order valence-corrected chi connectivity index (χ2v) is 10.3. The van der Waals surface area contributed by atoms with E-state index in [2.05, 4.69) is 26.1 Å². The maximum atomic E-state index is 13.1. The molecule has 0 bridgehead atoms. The number of oxime groups is 1. The average molecular weight is 523 g/mol. The van der Waals surface area contributed by atoms with Crippen LogP contribution in [-0.4, -0.2) is 82.9 Å². The van der Waals surface area contributed by atoms with Gasteiger partial charge in [0.05, 0.1) is 18.5 Å². The fourth-order valence-electron chi connectivity index (χ4n) is 3.32. The number of amides is 4. The molecule has 3 heterocycles. The van der Waals surface area contributed by atoms with Crippen LogP contribution in [0.2, 0.25) is 0 Å². The maximum absolute atomic E-state index is 13.1. The Labute approximate surface area is 209 Å². The van der Waals surface area contributed by atoms with Crippen molar-refractivity contribution in [2.45, 2.75) is 51.3 Å². The molecule has 4 rings (SSSR count). The van der Waals surface area contributed by atoms with E-state index in [9.17, 15) is 24.0 Å². The van der Waals surface area contributed by atoms with Crippen LogP contribution in [0.5, 0.6) is 0 Å². The van der Waals surface area contributed by atoms with Crippen LogP contribution in [-0.2, 0) is 28.7 Å². The minimum atomic E-state index is -0.951. The Kier molecular flexibility index (Phi) is 7.10. The molecule has 0 aromatic carbocycles. The molecule has 2 atom stereocenters. The van der Waals surface area contributed by atoms with Gasteiger partial charge >= 0.3 is 18.2 Å². The van der Waals surface area contributed by atoms with Crippen molar-refractivity contribution in [2.24, 2.45) is 11.1 Å². The molecule has 36 heavy (non-hydrogen) atoms. The maximum Gasteiger partial charge on any atom is 0.413 e. The van der Waals surface area contributed by atoms with Gasteiger partial charge in [-0.1, -0.05) is 5.16 Å². The monoisotopic (exact) mass is 522 g/mol. The van der Waals surface area contributed by atoms with E-state index in [-0.39, 0.29) is 35.6 Å². The Morgan fingerprint density at radius 3 is 2.67 bits per heavy atom. The van der Waals surface area contributed by atoms with Crippen molar-refractivity contribution in [3.63, 3.8) is 0 Å². The number of hydrogen-bond acceptors (Lipinski definition) is 11. The third kappa shape index (κ3) is 6.27. The Hall–Kier alpha value is -3.75. The smallest absolute Gasteiger partial charge is 0.413 e. The topological polar surface area (TPSA) is 178 Å². The number of β-lactam (4-membered cyclic amide) rings is 1. The molecule has 3 fully saturated rings. The molecular formula is C21H26N6O8S. The summed E-state index contributed by atoms with van der Waals surface area (Å²) in [5.74, 6) is -2.10. The molecule has 1 aromatic rings. The zero-order valence-electron chi connectivity index (χ0n) is 19.9. The molecule has 15 heteroatoms. The van der Waals surface area contributed by atoms with E-state index in [1.165, 1.54) is 10.3 Å². The Bertz CT molecular complexity index is 1110. The third-order valence-corrected chi connectivity index (χ3v) is 6.03. The summed E-state index contributed by atoms with van der Waals surface area (Å²) in [6.45, 7) is 5.91. The lowest BCUT2D eigenvalue weighted by Gasteiger charge is -2.38. The first kappa shape index (κ1) is 25.3. The predicted molar refractivity (Wildman–Crippen MR) is 124 cm³/mol. The molecule has 3 N–H and O–H groups in total. The van der Waals surface area contributed by atoms with Gasteiger partial charge in [0.2, 0.25) is 5.91 Å². The highest BCUT2D eigenvalue weighted by Crippen LogP contribution is 2.30. The molecule has 14 nitrogen and oxygen atoms in total. The second kappa shape index (κ2) is 10.1. The highest BCUT2D eigenvalue weighted by atomic mass is 32.1. The number of cyclic esters (lactones) is 1. The fraction of sp³-hybridized carbons (Fsp3) is 0.571. The molecule has 3 aliphatic rings. The SMILES string of the molecule is CC(C)(C)OC(=O)Nc1nc(/C(=N/OC(=O)C2CC2)C(=O)N[C@@H]2C(=O)N[C@@H]2CN2CCOC2=O)cs1. The summed E-state index contributed by atoms with van der Waals surface area (Å²) in [5.41, 5.74) is -1.05. The second-order valence-electron chi connectivity index (χ2n) is 9.42. The standard InChI is InChI=1S/C21H26N6O8S/c1-21(2,3)34-19(31)25-18-23-12(9-36-18)14(26-35-17(30)10-4-5-10)16(29)24-13-11(22-15(13)28)8-27-6-7-33-20(27)32/h9-11,13H,4-8H2,1-3H3,(H,22,28)(H,24,29)(H,23,25,31)/b26-14-/t11-,13+/m1/s1. The minimum absolute atomic E-state index is 0.0200. The van der Waals surface area contributed by atoms with Gasteiger partial charge in [0, 0.05) is 11.9 Å². The molecule has 0 radical (unpaired) electrons. The molecule has 1 saturated carbocycles. The molecule has 1 aromatic heterocycles. The van der Waals surface area contributed by atoms with E-state index < -0.39 is 47.7 Å². The number of carbonyl (C=O) groups excluding carboxylic acids is 5. The lowest BCUT2D eigenvalue weighted by molar-refractivity contribution is -0.145. The molecule has 4 amide bonds. The molecule has 194 valence electrons. The number of ether oxygens (including phenoxy) is 2. The van der Waals surface area contributed by atoms with Gasteiger partial charge in [-0.3, -0.25) is 14.9 Å². The Balaban J connectivity index is 1.46. The zero-order chi connectivity index (χ0) is 26.0. The van der Waals surface area contributed by atoms with E-state index in [1.54, 1.807) is 20.8 Å². The number of thiazole rings is 1. The van der Waals surface area contributed by atoms with Gasteiger partial charge < -0.3 is 29.8 Å². The molecule has 1 aliphatic carbocycles. The van der Waals surface area contributed by atoms with Crippen LogP contribution in [0.1, 0.15) is 39.3 Å². The number of nitrogens with one attached hydrogen (secondary N) is 3. The summed E-state index contributed by atoms with van der Waals surface area (Å²) in [6, 6.07) is -1.49. The van der Waals surface area contributed by atoms with E-state index in [1.807, 2.05) is 0 Å². The summed E-state index contributed by atoms with van der Waals surface area (Å²) in [5, 5.41) is 12.9. The van der Waals surface area contributed by atoms with Gasteiger partial charge in [-0.2, -0.15) is 0 Å². The van der Waals surface area contributed by atoms with Crippen molar-refractivity contribution in [1.29, 1.82) is 0 Å². The quantitative estimate of drug-likeness (QED) is 0.191. The van der Waals surface area contributed by atoms with E-state index in [0.717, 1.165) is 11.3 Å². The van der Waals surface area contributed by atoms with Crippen molar-refractivity contribution in [1.82, 2.24) is 20.5 Å². The van der Waals surface area contributed by atoms with Crippen molar-refractivity contribution >= 4 is 52.2 Å². The van der Waals surface area contributed by atoms with Crippen molar-refractivity contribution in [2.75, 3.05) is 25.0 Å². The largest absolute Gasteiger partial charge is 0.448 e. The summed E-state index contributed by atoms with van der Waals surface area (Å²) in [7, 11) is 0. The Morgan fingerprint density at radius 1 is 1.31 bits per heavy atom. The number of nitrogens with zero attached hydrogens (tertiary/aromatic N) is 3. The number of carbonyl (C=O) groups is 5. The van der Waals surface area contributed by atoms with E-state index in [4.69, 9.17) is 14.3 Å². The predicted octanol–water partition coefficient (Wildman–Crippen LogP) is 0.583. The molecule has 0 unspecified atom stereocenters. The van der Waals surface area contributed by atoms with Gasteiger partial charge in [-0.25, -0.2) is 19.4 Å².